The number of ketones is 1. The molecule has 0 aliphatic heterocycles. The van der Waals surface area contributed by atoms with E-state index in [4.69, 9.17) is 21.1 Å². The summed E-state index contributed by atoms with van der Waals surface area (Å²) in [5, 5.41) is 12.6. The molecule has 27 heavy (non-hydrogen) atoms. The summed E-state index contributed by atoms with van der Waals surface area (Å²) in [5.41, 5.74) is 1.03. The number of nitrogens with zero attached hydrogens (tertiary/aromatic N) is 1. The number of hydrogen-bond donors (Lipinski definition) is 2. The lowest BCUT2D eigenvalue weighted by atomic mass is 10.0. The summed E-state index contributed by atoms with van der Waals surface area (Å²) < 4.78 is 5.48. The molecule has 0 saturated carbocycles. The van der Waals surface area contributed by atoms with Gasteiger partial charge >= 0.3 is 5.97 Å². The number of fused-ring (bicyclic) bond motifs is 1. The second kappa shape index (κ2) is 8.01. The summed E-state index contributed by atoms with van der Waals surface area (Å²) in [4.78, 5) is 39.8. The number of furan rings is 1. The maximum Gasteiger partial charge on any atom is 0.310 e. The summed E-state index contributed by atoms with van der Waals surface area (Å²) in [6, 6.07) is 10.5. The van der Waals surface area contributed by atoms with Crippen molar-refractivity contribution in [2.45, 2.75) is 18.9 Å². The molecule has 1 atom stereocenters. The van der Waals surface area contributed by atoms with Gasteiger partial charge in [-0.1, -0.05) is 17.7 Å². The Morgan fingerprint density at radius 3 is 2.70 bits per heavy atom. The topological polar surface area (TPSA) is 109 Å². The average molecular weight is 387 g/mol. The fourth-order valence-corrected chi connectivity index (χ4v) is 2.78. The van der Waals surface area contributed by atoms with E-state index in [-0.39, 0.29) is 12.2 Å². The van der Waals surface area contributed by atoms with Gasteiger partial charge in [0.2, 0.25) is 0 Å². The van der Waals surface area contributed by atoms with Crippen molar-refractivity contribution >= 4 is 40.2 Å². The van der Waals surface area contributed by atoms with Gasteiger partial charge in [-0.3, -0.25) is 19.4 Å². The standard InChI is InChI=1S/C19H15ClN2O5/c20-12-4-5-16-11(7-12)8-17(27-16)19(26)22-14(15(23)10-18(24)25)9-13-3-1-2-6-21-13/h1-8,14H,9-10H2,(H,22,26)(H,24,25)/t14-/m0/s1. The van der Waals surface area contributed by atoms with E-state index in [9.17, 15) is 14.4 Å². The van der Waals surface area contributed by atoms with E-state index < -0.39 is 30.1 Å². The fraction of sp³-hybridized carbons (Fsp3) is 0.158. The third-order valence-electron chi connectivity index (χ3n) is 3.86. The summed E-state index contributed by atoms with van der Waals surface area (Å²) in [7, 11) is 0. The highest BCUT2D eigenvalue weighted by Gasteiger charge is 2.25. The highest BCUT2D eigenvalue weighted by atomic mass is 35.5. The van der Waals surface area contributed by atoms with Gasteiger partial charge in [0.05, 0.1) is 6.04 Å². The third kappa shape index (κ3) is 4.71. The SMILES string of the molecule is O=C(O)CC(=O)[C@H](Cc1ccccn1)NC(=O)c1cc2cc(Cl)ccc2o1. The van der Waals surface area contributed by atoms with E-state index in [1.54, 1.807) is 42.6 Å². The number of hydrogen-bond acceptors (Lipinski definition) is 5. The Balaban J connectivity index is 1.81. The molecule has 2 heterocycles. The minimum Gasteiger partial charge on any atom is -0.481 e. The number of pyridine rings is 1. The van der Waals surface area contributed by atoms with Crippen molar-refractivity contribution in [2.75, 3.05) is 0 Å². The number of aromatic nitrogens is 1. The van der Waals surface area contributed by atoms with Crippen molar-refractivity contribution in [3.8, 4) is 0 Å². The average Bonchev–Trinajstić information content (AvgIpc) is 3.04. The first-order valence-corrected chi connectivity index (χ1v) is 8.44. The van der Waals surface area contributed by atoms with Crippen LogP contribution in [0.3, 0.4) is 0 Å². The summed E-state index contributed by atoms with van der Waals surface area (Å²) in [5.74, 6) is -2.51. The van der Waals surface area contributed by atoms with Gasteiger partial charge in [0, 0.05) is 28.7 Å². The molecule has 1 amide bonds. The summed E-state index contributed by atoms with van der Waals surface area (Å²) in [6.45, 7) is 0. The van der Waals surface area contributed by atoms with Crippen molar-refractivity contribution < 1.29 is 23.9 Å². The molecule has 1 aromatic carbocycles. The number of carbonyl (C=O) groups is 3. The zero-order valence-corrected chi connectivity index (χ0v) is 14.8. The Hall–Kier alpha value is -3.19. The van der Waals surface area contributed by atoms with Gasteiger partial charge in [-0.05, 0) is 36.4 Å². The quantitative estimate of drug-likeness (QED) is 0.604. The number of carboxylic acid groups (broad SMARTS) is 1. The fourth-order valence-electron chi connectivity index (χ4n) is 2.60. The highest BCUT2D eigenvalue weighted by Crippen LogP contribution is 2.23. The first kappa shape index (κ1) is 18.6. The number of rotatable bonds is 7. The number of halogens is 1. The van der Waals surface area contributed by atoms with Gasteiger partial charge < -0.3 is 14.8 Å². The molecule has 0 aliphatic carbocycles. The van der Waals surface area contributed by atoms with Gasteiger partial charge in [-0.25, -0.2) is 0 Å². The van der Waals surface area contributed by atoms with Gasteiger partial charge in [0.1, 0.15) is 12.0 Å². The maximum absolute atomic E-state index is 12.5. The number of Topliss-reactive ketones (excluding diaryl/α,β-unsaturated/α-hetero) is 1. The number of benzene rings is 1. The Morgan fingerprint density at radius 1 is 1.19 bits per heavy atom. The lowest BCUT2D eigenvalue weighted by molar-refractivity contribution is -0.140. The van der Waals surface area contributed by atoms with Crippen LogP contribution in [0, 0.1) is 0 Å². The van der Waals surface area contributed by atoms with Crippen LogP contribution in [0.25, 0.3) is 11.0 Å². The second-order valence-electron chi connectivity index (χ2n) is 5.88. The third-order valence-corrected chi connectivity index (χ3v) is 4.10. The largest absolute Gasteiger partial charge is 0.481 e. The maximum atomic E-state index is 12.5. The molecule has 7 nitrogen and oxygen atoms in total. The van der Waals surface area contributed by atoms with Crippen LogP contribution in [-0.2, 0) is 16.0 Å². The number of aliphatic carboxylic acids is 1. The first-order valence-electron chi connectivity index (χ1n) is 8.07. The Labute approximate surface area is 159 Å². The van der Waals surface area contributed by atoms with Crippen LogP contribution in [0.15, 0.2) is 53.1 Å². The minimum atomic E-state index is -1.27. The van der Waals surface area contributed by atoms with Crippen molar-refractivity contribution in [3.05, 3.63) is 65.1 Å². The van der Waals surface area contributed by atoms with Crippen molar-refractivity contribution in [3.63, 3.8) is 0 Å². The van der Waals surface area contributed by atoms with Crippen LogP contribution in [0.4, 0.5) is 0 Å². The molecule has 2 N–H and O–H groups in total. The molecule has 3 rings (SSSR count). The van der Waals surface area contributed by atoms with Crippen LogP contribution in [0.2, 0.25) is 5.02 Å². The number of amides is 1. The second-order valence-corrected chi connectivity index (χ2v) is 6.32. The lowest BCUT2D eigenvalue weighted by Gasteiger charge is -2.16. The number of carbonyl (C=O) groups excluding carboxylic acids is 2. The molecule has 0 aliphatic rings. The molecule has 2 aromatic heterocycles. The van der Waals surface area contributed by atoms with E-state index in [1.807, 2.05) is 0 Å². The molecule has 0 radical (unpaired) electrons. The lowest BCUT2D eigenvalue weighted by Crippen LogP contribution is -2.43. The van der Waals surface area contributed by atoms with Crippen LogP contribution >= 0.6 is 11.6 Å². The van der Waals surface area contributed by atoms with E-state index >= 15 is 0 Å². The van der Waals surface area contributed by atoms with Gasteiger partial charge in [-0.2, -0.15) is 0 Å². The molecule has 0 bridgehead atoms. The van der Waals surface area contributed by atoms with Crippen molar-refractivity contribution in [1.82, 2.24) is 10.3 Å². The Bertz CT molecular complexity index is 1000. The Kier molecular flexibility index (Phi) is 5.52. The van der Waals surface area contributed by atoms with Crippen LogP contribution in [-0.4, -0.2) is 33.8 Å². The normalized spacial score (nSPS) is 11.9. The van der Waals surface area contributed by atoms with Crippen molar-refractivity contribution in [2.24, 2.45) is 0 Å². The predicted octanol–water partition coefficient (Wildman–Crippen LogP) is 2.87. The van der Waals surface area contributed by atoms with Gasteiger partial charge in [0.25, 0.3) is 5.91 Å². The number of nitrogens with one attached hydrogen (secondary N) is 1. The van der Waals surface area contributed by atoms with Crippen LogP contribution in [0.5, 0.6) is 0 Å². The minimum absolute atomic E-state index is 0.00131. The van der Waals surface area contributed by atoms with E-state index in [2.05, 4.69) is 10.3 Å². The summed E-state index contributed by atoms with van der Waals surface area (Å²) >= 11 is 5.92. The molecule has 0 unspecified atom stereocenters. The predicted molar refractivity (Wildman–Crippen MR) is 97.7 cm³/mol. The molecule has 138 valence electrons. The highest BCUT2D eigenvalue weighted by molar-refractivity contribution is 6.31. The van der Waals surface area contributed by atoms with Gasteiger partial charge in [0.15, 0.2) is 11.5 Å². The zero-order valence-electron chi connectivity index (χ0n) is 14.0. The van der Waals surface area contributed by atoms with Crippen LogP contribution in [0.1, 0.15) is 22.7 Å². The molecule has 0 saturated heterocycles. The zero-order chi connectivity index (χ0) is 19.4. The Morgan fingerprint density at radius 2 is 2.00 bits per heavy atom. The van der Waals surface area contributed by atoms with E-state index in [1.165, 1.54) is 6.07 Å². The van der Waals surface area contributed by atoms with Crippen LogP contribution < -0.4 is 5.32 Å². The summed E-state index contributed by atoms with van der Waals surface area (Å²) in [6.07, 6.45) is 0.928. The monoisotopic (exact) mass is 386 g/mol. The first-order chi connectivity index (χ1) is 12.9. The van der Waals surface area contributed by atoms with E-state index in [0.29, 0.717) is 21.7 Å². The molecule has 3 aromatic rings. The molecule has 8 heteroatoms. The number of carboxylic acids is 1. The molecular weight excluding hydrogens is 372 g/mol. The van der Waals surface area contributed by atoms with Crippen molar-refractivity contribution in [1.29, 1.82) is 0 Å². The molecule has 0 spiro atoms. The molecular formula is C19H15ClN2O5. The molecule has 0 fully saturated rings. The van der Waals surface area contributed by atoms with E-state index in [0.717, 1.165) is 0 Å². The van der Waals surface area contributed by atoms with Gasteiger partial charge in [-0.15, -0.1) is 0 Å². The smallest absolute Gasteiger partial charge is 0.310 e.